The zero-order chi connectivity index (χ0) is 18.0. The van der Waals surface area contributed by atoms with Gasteiger partial charge in [-0.2, -0.15) is 0 Å². The fourth-order valence-electron chi connectivity index (χ4n) is 2.47. The molecule has 0 atom stereocenters. The van der Waals surface area contributed by atoms with Crippen LogP contribution < -0.4 is 24.8 Å². The molecule has 7 nitrogen and oxygen atoms in total. The number of nitrogens with one attached hydrogen (secondary N) is 2. The smallest absolute Gasteiger partial charge is 0.231 e. The van der Waals surface area contributed by atoms with Crippen LogP contribution in [-0.2, 0) is 6.42 Å². The largest absolute Gasteiger partial charge is 0.492 e. The van der Waals surface area contributed by atoms with Crippen molar-refractivity contribution in [3.63, 3.8) is 0 Å². The highest BCUT2D eigenvalue weighted by atomic mass is 16.7. The maximum atomic E-state index is 5.74. The van der Waals surface area contributed by atoms with E-state index in [9.17, 15) is 0 Å². The first-order valence-corrected chi connectivity index (χ1v) is 8.79. The highest BCUT2D eigenvalue weighted by molar-refractivity contribution is 5.79. The van der Waals surface area contributed by atoms with Crippen LogP contribution in [-0.4, -0.2) is 44.0 Å². The lowest BCUT2D eigenvalue weighted by atomic mass is 10.3. The first kappa shape index (κ1) is 17.8. The summed E-state index contributed by atoms with van der Waals surface area (Å²) in [5, 5.41) is 6.49. The molecule has 1 aromatic carbocycles. The van der Waals surface area contributed by atoms with Crippen LogP contribution in [0.1, 0.15) is 12.6 Å². The summed E-state index contributed by atoms with van der Waals surface area (Å²) in [6, 6.07) is 11.5. The molecule has 7 heteroatoms. The summed E-state index contributed by atoms with van der Waals surface area (Å²) in [5.41, 5.74) is 1.04. The Morgan fingerprint density at radius 3 is 2.96 bits per heavy atom. The van der Waals surface area contributed by atoms with E-state index in [1.807, 2.05) is 43.3 Å². The molecule has 2 N–H and O–H groups in total. The number of hydrogen-bond donors (Lipinski definition) is 2. The average molecular weight is 356 g/mol. The second-order valence-electron chi connectivity index (χ2n) is 5.62. The molecule has 0 unspecified atom stereocenters. The van der Waals surface area contributed by atoms with Gasteiger partial charge in [-0.3, -0.25) is 9.98 Å². The Hall–Kier alpha value is -2.96. The van der Waals surface area contributed by atoms with Gasteiger partial charge in [0.25, 0.3) is 0 Å². The van der Waals surface area contributed by atoms with Crippen molar-refractivity contribution in [3.05, 3.63) is 48.3 Å². The molecular weight excluding hydrogens is 332 g/mol. The normalized spacial score (nSPS) is 12.7. The van der Waals surface area contributed by atoms with Crippen molar-refractivity contribution in [1.29, 1.82) is 0 Å². The molecule has 1 aliphatic heterocycles. The van der Waals surface area contributed by atoms with Gasteiger partial charge in [-0.15, -0.1) is 0 Å². The summed E-state index contributed by atoms with van der Waals surface area (Å²) in [5.74, 6) is 3.01. The molecule has 1 aromatic heterocycles. The standard InChI is InChI=1S/C19H24N4O3/c1-2-20-19(22-10-8-15-5-3-4-9-21-15)23-11-12-24-16-6-7-17-18(13-16)26-14-25-17/h3-7,9,13H,2,8,10-12,14H2,1H3,(H2,20,22,23). The molecule has 138 valence electrons. The van der Waals surface area contributed by atoms with Crippen LogP contribution in [0, 0.1) is 0 Å². The van der Waals surface area contributed by atoms with E-state index in [0.717, 1.165) is 41.9 Å². The Morgan fingerprint density at radius 2 is 2.12 bits per heavy atom. The van der Waals surface area contributed by atoms with E-state index in [2.05, 4.69) is 20.6 Å². The van der Waals surface area contributed by atoms with Crippen molar-refractivity contribution in [2.45, 2.75) is 13.3 Å². The number of aromatic nitrogens is 1. The quantitative estimate of drug-likeness (QED) is 0.428. The number of guanidine groups is 1. The first-order valence-electron chi connectivity index (χ1n) is 8.79. The van der Waals surface area contributed by atoms with Gasteiger partial charge in [0.05, 0.1) is 6.54 Å². The van der Waals surface area contributed by atoms with Crippen molar-refractivity contribution in [3.8, 4) is 17.2 Å². The van der Waals surface area contributed by atoms with Crippen molar-refractivity contribution >= 4 is 5.96 Å². The number of fused-ring (bicyclic) bond motifs is 1. The van der Waals surface area contributed by atoms with Gasteiger partial charge in [-0.05, 0) is 31.2 Å². The Morgan fingerprint density at radius 1 is 1.19 bits per heavy atom. The zero-order valence-electron chi connectivity index (χ0n) is 14.9. The number of pyridine rings is 1. The van der Waals surface area contributed by atoms with Crippen LogP contribution in [0.15, 0.2) is 47.6 Å². The Balaban J connectivity index is 1.41. The summed E-state index contributed by atoms with van der Waals surface area (Å²) in [7, 11) is 0. The minimum absolute atomic E-state index is 0.265. The molecular formula is C19H24N4O3. The van der Waals surface area contributed by atoms with E-state index in [4.69, 9.17) is 14.2 Å². The Labute approximate surface area is 153 Å². The van der Waals surface area contributed by atoms with Crippen LogP contribution in [0.25, 0.3) is 0 Å². The summed E-state index contributed by atoms with van der Waals surface area (Å²) in [6.45, 7) is 4.95. The van der Waals surface area contributed by atoms with Gasteiger partial charge in [0, 0.05) is 37.5 Å². The van der Waals surface area contributed by atoms with Gasteiger partial charge in [-0.1, -0.05) is 6.07 Å². The van der Waals surface area contributed by atoms with Crippen LogP contribution in [0.4, 0.5) is 0 Å². The monoisotopic (exact) mass is 356 g/mol. The number of hydrogen-bond acceptors (Lipinski definition) is 5. The highest BCUT2D eigenvalue weighted by Crippen LogP contribution is 2.34. The van der Waals surface area contributed by atoms with E-state index in [0.29, 0.717) is 19.7 Å². The average Bonchev–Trinajstić information content (AvgIpc) is 3.14. The van der Waals surface area contributed by atoms with Crippen molar-refractivity contribution in [1.82, 2.24) is 15.6 Å². The van der Waals surface area contributed by atoms with E-state index >= 15 is 0 Å². The molecule has 0 saturated heterocycles. The van der Waals surface area contributed by atoms with E-state index in [1.165, 1.54) is 0 Å². The summed E-state index contributed by atoms with van der Waals surface area (Å²) in [4.78, 5) is 8.87. The van der Waals surface area contributed by atoms with Crippen LogP contribution in [0.5, 0.6) is 17.2 Å². The third-order valence-corrected chi connectivity index (χ3v) is 3.72. The third-order valence-electron chi connectivity index (χ3n) is 3.72. The van der Waals surface area contributed by atoms with E-state index < -0.39 is 0 Å². The second kappa shape index (κ2) is 9.50. The molecule has 0 bridgehead atoms. The molecule has 26 heavy (non-hydrogen) atoms. The summed E-state index contributed by atoms with van der Waals surface area (Å²) < 4.78 is 16.4. The zero-order valence-corrected chi connectivity index (χ0v) is 14.9. The number of nitrogens with zero attached hydrogens (tertiary/aromatic N) is 2. The lowest BCUT2D eigenvalue weighted by Gasteiger charge is -2.12. The summed E-state index contributed by atoms with van der Waals surface area (Å²) >= 11 is 0. The molecule has 3 rings (SSSR count). The minimum atomic E-state index is 0.265. The predicted molar refractivity (Wildman–Crippen MR) is 100.0 cm³/mol. The highest BCUT2D eigenvalue weighted by Gasteiger charge is 2.13. The van der Waals surface area contributed by atoms with Gasteiger partial charge in [0.2, 0.25) is 6.79 Å². The number of benzene rings is 1. The van der Waals surface area contributed by atoms with Gasteiger partial charge in [0.1, 0.15) is 12.4 Å². The minimum Gasteiger partial charge on any atom is -0.492 e. The number of rotatable bonds is 8. The second-order valence-corrected chi connectivity index (χ2v) is 5.62. The van der Waals surface area contributed by atoms with Crippen molar-refractivity contribution < 1.29 is 14.2 Å². The molecule has 0 saturated carbocycles. The number of ether oxygens (including phenoxy) is 3. The van der Waals surface area contributed by atoms with E-state index in [1.54, 1.807) is 6.20 Å². The van der Waals surface area contributed by atoms with E-state index in [-0.39, 0.29) is 6.79 Å². The number of aliphatic imine (C=N–C) groups is 1. The van der Waals surface area contributed by atoms with Gasteiger partial charge in [0.15, 0.2) is 17.5 Å². The maximum absolute atomic E-state index is 5.74. The molecule has 0 fully saturated rings. The van der Waals surface area contributed by atoms with Crippen LogP contribution in [0.3, 0.4) is 0 Å². The van der Waals surface area contributed by atoms with Gasteiger partial charge < -0.3 is 24.8 Å². The molecule has 0 aliphatic carbocycles. The van der Waals surface area contributed by atoms with Gasteiger partial charge >= 0.3 is 0 Å². The van der Waals surface area contributed by atoms with Gasteiger partial charge in [-0.25, -0.2) is 0 Å². The fourth-order valence-corrected chi connectivity index (χ4v) is 2.47. The van der Waals surface area contributed by atoms with Crippen molar-refractivity contribution in [2.24, 2.45) is 4.99 Å². The molecule has 1 aliphatic rings. The molecule has 0 radical (unpaired) electrons. The molecule has 2 aromatic rings. The fraction of sp³-hybridized carbons (Fsp3) is 0.368. The maximum Gasteiger partial charge on any atom is 0.231 e. The van der Waals surface area contributed by atoms with Crippen LogP contribution in [0.2, 0.25) is 0 Å². The first-order chi connectivity index (χ1) is 12.8. The summed E-state index contributed by atoms with van der Waals surface area (Å²) in [6.07, 6.45) is 2.61. The third kappa shape index (κ3) is 5.27. The Bertz CT molecular complexity index is 722. The lowest BCUT2D eigenvalue weighted by Crippen LogP contribution is -2.39. The Kier molecular flexibility index (Phi) is 6.53. The SMILES string of the molecule is CCNC(=NCCc1ccccn1)NCCOc1ccc2c(c1)OCO2. The van der Waals surface area contributed by atoms with Crippen LogP contribution >= 0.6 is 0 Å². The lowest BCUT2D eigenvalue weighted by molar-refractivity contribution is 0.173. The molecule has 2 heterocycles. The van der Waals surface area contributed by atoms with Crippen molar-refractivity contribution in [2.75, 3.05) is 33.0 Å². The predicted octanol–water partition coefficient (Wildman–Crippen LogP) is 1.99. The topological polar surface area (TPSA) is 77.0 Å². The molecule has 0 spiro atoms. The molecule has 0 amide bonds.